The molecular weight excluding hydrogens is 248 g/mol. The zero-order valence-corrected chi connectivity index (χ0v) is 12.8. The zero-order valence-electron chi connectivity index (χ0n) is 12.8. The molecule has 0 aliphatic heterocycles. The second-order valence-corrected chi connectivity index (χ2v) is 6.60. The Balaban J connectivity index is 1.83. The third kappa shape index (κ3) is 2.48. The SMILES string of the molecule is CCNc1ncnc(NC2CC3CCC2C3)c1C(C)C. The van der Waals surface area contributed by atoms with Crippen LogP contribution in [0.1, 0.15) is 57.9 Å². The number of nitrogens with zero attached hydrogens (tertiary/aromatic N) is 2. The molecule has 0 aromatic carbocycles. The molecule has 3 unspecified atom stereocenters. The monoisotopic (exact) mass is 274 g/mol. The molecule has 0 radical (unpaired) electrons. The van der Waals surface area contributed by atoms with Crippen molar-refractivity contribution in [1.82, 2.24) is 9.97 Å². The minimum absolute atomic E-state index is 0.423. The predicted molar refractivity (Wildman–Crippen MR) is 83.1 cm³/mol. The lowest BCUT2D eigenvalue weighted by atomic mass is 9.95. The van der Waals surface area contributed by atoms with Crippen molar-refractivity contribution in [2.24, 2.45) is 11.8 Å². The van der Waals surface area contributed by atoms with E-state index in [-0.39, 0.29) is 0 Å². The molecule has 1 aromatic rings. The third-order valence-corrected chi connectivity index (χ3v) is 4.87. The van der Waals surface area contributed by atoms with Gasteiger partial charge in [0.2, 0.25) is 0 Å². The first-order chi connectivity index (χ1) is 9.69. The van der Waals surface area contributed by atoms with Gasteiger partial charge in [-0.15, -0.1) is 0 Å². The van der Waals surface area contributed by atoms with Crippen LogP contribution in [-0.2, 0) is 0 Å². The van der Waals surface area contributed by atoms with E-state index in [1.54, 1.807) is 6.33 Å². The van der Waals surface area contributed by atoms with Crippen molar-refractivity contribution in [1.29, 1.82) is 0 Å². The molecule has 2 bridgehead atoms. The minimum atomic E-state index is 0.423. The van der Waals surface area contributed by atoms with Crippen molar-refractivity contribution >= 4 is 11.6 Å². The van der Waals surface area contributed by atoms with E-state index in [0.717, 1.165) is 30.0 Å². The summed E-state index contributed by atoms with van der Waals surface area (Å²) in [6.07, 6.45) is 7.25. The Morgan fingerprint density at radius 2 is 2.00 bits per heavy atom. The lowest BCUT2D eigenvalue weighted by Crippen LogP contribution is -2.27. The number of aromatic nitrogens is 2. The number of hydrogen-bond donors (Lipinski definition) is 2. The summed E-state index contributed by atoms with van der Waals surface area (Å²) in [6.45, 7) is 7.43. The second kappa shape index (κ2) is 5.58. The van der Waals surface area contributed by atoms with E-state index >= 15 is 0 Å². The highest BCUT2D eigenvalue weighted by Gasteiger charge is 2.39. The molecule has 2 aliphatic carbocycles. The molecule has 3 atom stereocenters. The molecule has 2 N–H and O–H groups in total. The fourth-order valence-electron chi connectivity index (χ4n) is 3.96. The highest BCUT2D eigenvalue weighted by Crippen LogP contribution is 2.46. The van der Waals surface area contributed by atoms with Gasteiger partial charge in [-0.25, -0.2) is 9.97 Å². The maximum absolute atomic E-state index is 4.53. The largest absolute Gasteiger partial charge is 0.370 e. The Kier molecular flexibility index (Phi) is 3.81. The minimum Gasteiger partial charge on any atom is -0.370 e. The van der Waals surface area contributed by atoms with E-state index in [2.05, 4.69) is 41.4 Å². The quantitative estimate of drug-likeness (QED) is 0.861. The first kappa shape index (κ1) is 13.7. The first-order valence-electron chi connectivity index (χ1n) is 8.04. The summed E-state index contributed by atoms with van der Waals surface area (Å²) in [4.78, 5) is 8.94. The van der Waals surface area contributed by atoms with Gasteiger partial charge in [0, 0.05) is 18.2 Å². The van der Waals surface area contributed by atoms with Crippen LogP contribution in [0.4, 0.5) is 11.6 Å². The summed E-state index contributed by atoms with van der Waals surface area (Å²) in [5.41, 5.74) is 1.23. The van der Waals surface area contributed by atoms with Crippen LogP contribution in [0.5, 0.6) is 0 Å². The Labute approximate surface area is 121 Å². The van der Waals surface area contributed by atoms with Gasteiger partial charge in [-0.2, -0.15) is 0 Å². The van der Waals surface area contributed by atoms with E-state index in [4.69, 9.17) is 0 Å². The molecule has 2 aliphatic rings. The molecule has 2 saturated carbocycles. The number of rotatable bonds is 5. The molecule has 4 heteroatoms. The maximum atomic E-state index is 4.53. The highest BCUT2D eigenvalue weighted by atomic mass is 15.1. The van der Waals surface area contributed by atoms with Crippen LogP contribution < -0.4 is 10.6 Å². The van der Waals surface area contributed by atoms with Crippen molar-refractivity contribution in [3.05, 3.63) is 11.9 Å². The number of nitrogens with one attached hydrogen (secondary N) is 2. The Morgan fingerprint density at radius 1 is 1.20 bits per heavy atom. The molecule has 1 aromatic heterocycles. The topological polar surface area (TPSA) is 49.8 Å². The van der Waals surface area contributed by atoms with E-state index in [0.29, 0.717) is 12.0 Å². The maximum Gasteiger partial charge on any atom is 0.135 e. The van der Waals surface area contributed by atoms with E-state index in [9.17, 15) is 0 Å². The molecule has 20 heavy (non-hydrogen) atoms. The summed E-state index contributed by atoms with van der Waals surface area (Å²) in [7, 11) is 0. The standard InChI is InChI=1S/C16H26N4/c1-4-17-15-14(10(2)3)16(19-9-18-15)20-13-8-11-5-6-12(13)7-11/h9-13H,4-8H2,1-3H3,(H2,17,18,19,20). The van der Waals surface area contributed by atoms with Crippen LogP contribution in [0, 0.1) is 11.8 Å². The molecule has 4 nitrogen and oxygen atoms in total. The Hall–Kier alpha value is -1.32. The van der Waals surface area contributed by atoms with Gasteiger partial charge >= 0.3 is 0 Å². The fraction of sp³-hybridized carbons (Fsp3) is 0.750. The summed E-state index contributed by atoms with van der Waals surface area (Å²) in [5.74, 6) is 4.27. The average Bonchev–Trinajstić information content (AvgIpc) is 3.01. The molecule has 1 heterocycles. The van der Waals surface area contributed by atoms with E-state index in [1.807, 2.05) is 0 Å². The number of hydrogen-bond acceptors (Lipinski definition) is 4. The Morgan fingerprint density at radius 3 is 2.60 bits per heavy atom. The van der Waals surface area contributed by atoms with E-state index in [1.165, 1.54) is 31.2 Å². The Bertz CT molecular complexity index is 472. The predicted octanol–water partition coefficient (Wildman–Crippen LogP) is 3.63. The van der Waals surface area contributed by atoms with E-state index < -0.39 is 0 Å². The van der Waals surface area contributed by atoms with Gasteiger partial charge in [-0.1, -0.05) is 20.3 Å². The fourth-order valence-corrected chi connectivity index (χ4v) is 3.96. The van der Waals surface area contributed by atoms with Crippen molar-refractivity contribution in [3.63, 3.8) is 0 Å². The molecule has 0 saturated heterocycles. The first-order valence-corrected chi connectivity index (χ1v) is 8.04. The van der Waals surface area contributed by atoms with Crippen molar-refractivity contribution in [3.8, 4) is 0 Å². The van der Waals surface area contributed by atoms with Crippen molar-refractivity contribution in [2.75, 3.05) is 17.2 Å². The lowest BCUT2D eigenvalue weighted by molar-refractivity contribution is 0.438. The second-order valence-electron chi connectivity index (χ2n) is 6.60. The van der Waals surface area contributed by atoms with Crippen LogP contribution in [0.25, 0.3) is 0 Å². The van der Waals surface area contributed by atoms with Gasteiger partial charge < -0.3 is 10.6 Å². The van der Waals surface area contributed by atoms with Gasteiger partial charge in [-0.3, -0.25) is 0 Å². The summed E-state index contributed by atoms with van der Waals surface area (Å²) in [5, 5.41) is 7.10. The summed E-state index contributed by atoms with van der Waals surface area (Å²) >= 11 is 0. The van der Waals surface area contributed by atoms with Crippen LogP contribution in [-0.4, -0.2) is 22.6 Å². The summed E-state index contributed by atoms with van der Waals surface area (Å²) in [6, 6.07) is 0.621. The molecule has 0 amide bonds. The van der Waals surface area contributed by atoms with Crippen molar-refractivity contribution in [2.45, 2.75) is 58.4 Å². The van der Waals surface area contributed by atoms with Gasteiger partial charge in [0.05, 0.1) is 0 Å². The van der Waals surface area contributed by atoms with Gasteiger partial charge in [0.25, 0.3) is 0 Å². The molecule has 0 spiro atoms. The van der Waals surface area contributed by atoms with Crippen LogP contribution in [0.2, 0.25) is 0 Å². The lowest BCUT2D eigenvalue weighted by Gasteiger charge is -2.26. The van der Waals surface area contributed by atoms with Crippen LogP contribution in [0.3, 0.4) is 0 Å². The molecular formula is C16H26N4. The highest BCUT2D eigenvalue weighted by molar-refractivity contribution is 5.59. The summed E-state index contributed by atoms with van der Waals surface area (Å²) < 4.78 is 0. The smallest absolute Gasteiger partial charge is 0.135 e. The zero-order chi connectivity index (χ0) is 14.1. The van der Waals surface area contributed by atoms with Crippen LogP contribution >= 0.6 is 0 Å². The van der Waals surface area contributed by atoms with Gasteiger partial charge in [0.15, 0.2) is 0 Å². The molecule has 110 valence electrons. The third-order valence-electron chi connectivity index (χ3n) is 4.87. The molecule has 3 rings (SSSR count). The molecule has 2 fully saturated rings. The number of anilines is 2. The van der Waals surface area contributed by atoms with Crippen LogP contribution in [0.15, 0.2) is 6.33 Å². The van der Waals surface area contributed by atoms with Gasteiger partial charge in [0.1, 0.15) is 18.0 Å². The normalized spacial score (nSPS) is 28.1. The number of fused-ring (bicyclic) bond motifs is 2. The van der Waals surface area contributed by atoms with Gasteiger partial charge in [-0.05, 0) is 43.9 Å². The average molecular weight is 274 g/mol. The van der Waals surface area contributed by atoms with Crippen molar-refractivity contribution < 1.29 is 0 Å².